The number of ether oxygens (including phenoxy) is 1. The third-order valence-corrected chi connectivity index (χ3v) is 5.17. The van der Waals surface area contributed by atoms with E-state index >= 15 is 0 Å². The first kappa shape index (κ1) is 15.8. The SMILES string of the molecule is COc1ccc(C(=O)N2CCN(C3CCNC3)CC2)cc1Br. The summed E-state index contributed by atoms with van der Waals surface area (Å²) in [6.45, 7) is 5.74. The molecule has 0 saturated carbocycles. The minimum absolute atomic E-state index is 0.104. The number of benzene rings is 1. The highest BCUT2D eigenvalue weighted by Gasteiger charge is 2.28. The van der Waals surface area contributed by atoms with Crippen molar-refractivity contribution in [2.45, 2.75) is 12.5 Å². The van der Waals surface area contributed by atoms with Gasteiger partial charge in [-0.2, -0.15) is 0 Å². The third-order valence-electron chi connectivity index (χ3n) is 4.55. The number of carbonyl (C=O) groups is 1. The third kappa shape index (κ3) is 3.29. The number of piperazine rings is 1. The quantitative estimate of drug-likeness (QED) is 0.880. The van der Waals surface area contributed by atoms with Gasteiger partial charge in [0.2, 0.25) is 0 Å². The number of nitrogens with zero attached hydrogens (tertiary/aromatic N) is 2. The molecule has 120 valence electrons. The first-order chi connectivity index (χ1) is 10.7. The summed E-state index contributed by atoms with van der Waals surface area (Å²) in [5, 5.41) is 3.41. The summed E-state index contributed by atoms with van der Waals surface area (Å²) < 4.78 is 6.03. The lowest BCUT2D eigenvalue weighted by molar-refractivity contribution is 0.0583. The van der Waals surface area contributed by atoms with Gasteiger partial charge in [-0.15, -0.1) is 0 Å². The fourth-order valence-electron chi connectivity index (χ4n) is 3.22. The van der Waals surface area contributed by atoms with E-state index < -0.39 is 0 Å². The number of hydrogen-bond acceptors (Lipinski definition) is 4. The minimum atomic E-state index is 0.104. The second-order valence-corrected chi connectivity index (χ2v) is 6.68. The molecule has 0 aromatic heterocycles. The van der Waals surface area contributed by atoms with Crippen LogP contribution in [0, 0.1) is 0 Å². The molecule has 0 spiro atoms. The fraction of sp³-hybridized carbons (Fsp3) is 0.562. The van der Waals surface area contributed by atoms with Crippen molar-refractivity contribution in [1.82, 2.24) is 15.1 Å². The second kappa shape index (κ2) is 6.98. The Morgan fingerprint density at radius 3 is 2.68 bits per heavy atom. The summed E-state index contributed by atoms with van der Waals surface area (Å²) in [5.74, 6) is 0.850. The Morgan fingerprint density at radius 1 is 1.32 bits per heavy atom. The lowest BCUT2D eigenvalue weighted by Crippen LogP contribution is -2.52. The Hall–Kier alpha value is -1.11. The Labute approximate surface area is 139 Å². The molecule has 1 unspecified atom stereocenters. The smallest absolute Gasteiger partial charge is 0.253 e. The van der Waals surface area contributed by atoms with Crippen molar-refractivity contribution in [3.05, 3.63) is 28.2 Å². The lowest BCUT2D eigenvalue weighted by atomic mass is 10.1. The molecular formula is C16H22BrN3O2. The van der Waals surface area contributed by atoms with Crippen LogP contribution in [0.4, 0.5) is 0 Å². The first-order valence-electron chi connectivity index (χ1n) is 7.76. The van der Waals surface area contributed by atoms with Crippen molar-refractivity contribution < 1.29 is 9.53 Å². The minimum Gasteiger partial charge on any atom is -0.496 e. The van der Waals surface area contributed by atoms with Crippen LogP contribution in [0.5, 0.6) is 5.75 Å². The molecule has 1 N–H and O–H groups in total. The normalized spacial score (nSPS) is 22.8. The predicted octanol–water partition coefficient (Wildman–Crippen LogP) is 1.58. The maximum Gasteiger partial charge on any atom is 0.253 e. The van der Waals surface area contributed by atoms with Gasteiger partial charge in [0.25, 0.3) is 5.91 Å². The predicted molar refractivity (Wildman–Crippen MR) is 89.4 cm³/mol. The summed E-state index contributed by atoms with van der Waals surface area (Å²) in [4.78, 5) is 17.1. The van der Waals surface area contributed by atoms with Crippen molar-refractivity contribution in [3.63, 3.8) is 0 Å². The molecule has 1 aromatic carbocycles. The lowest BCUT2D eigenvalue weighted by Gasteiger charge is -2.37. The zero-order chi connectivity index (χ0) is 15.5. The number of hydrogen-bond donors (Lipinski definition) is 1. The van der Waals surface area contributed by atoms with Gasteiger partial charge in [0.15, 0.2) is 0 Å². The average Bonchev–Trinajstić information content (AvgIpc) is 3.09. The van der Waals surface area contributed by atoms with Crippen LogP contribution in [0.3, 0.4) is 0 Å². The molecule has 22 heavy (non-hydrogen) atoms. The van der Waals surface area contributed by atoms with Crippen LogP contribution < -0.4 is 10.1 Å². The molecule has 2 fully saturated rings. The number of methoxy groups -OCH3 is 1. The summed E-state index contributed by atoms with van der Waals surface area (Å²) in [7, 11) is 1.62. The Morgan fingerprint density at radius 2 is 2.09 bits per heavy atom. The van der Waals surface area contributed by atoms with E-state index in [1.807, 2.05) is 23.1 Å². The molecule has 2 aliphatic rings. The van der Waals surface area contributed by atoms with Crippen molar-refractivity contribution in [2.75, 3.05) is 46.4 Å². The number of nitrogens with one attached hydrogen (secondary N) is 1. The van der Waals surface area contributed by atoms with E-state index in [9.17, 15) is 4.79 Å². The zero-order valence-electron chi connectivity index (χ0n) is 12.8. The van der Waals surface area contributed by atoms with Gasteiger partial charge in [-0.05, 0) is 47.1 Å². The Kier molecular flexibility index (Phi) is 5.00. The zero-order valence-corrected chi connectivity index (χ0v) is 14.4. The van der Waals surface area contributed by atoms with Crippen molar-refractivity contribution in [3.8, 4) is 5.75 Å². The maximum atomic E-state index is 12.6. The summed E-state index contributed by atoms with van der Waals surface area (Å²) >= 11 is 3.44. The molecule has 1 atom stereocenters. The van der Waals surface area contributed by atoms with Crippen LogP contribution in [-0.4, -0.2) is 68.1 Å². The van der Waals surface area contributed by atoms with E-state index in [4.69, 9.17) is 4.74 Å². The summed E-state index contributed by atoms with van der Waals surface area (Å²) in [6.07, 6.45) is 1.22. The van der Waals surface area contributed by atoms with Crippen molar-refractivity contribution in [2.24, 2.45) is 0 Å². The summed E-state index contributed by atoms with van der Waals surface area (Å²) in [5.41, 5.74) is 0.712. The number of halogens is 1. The molecule has 6 heteroatoms. The molecule has 2 aliphatic heterocycles. The molecule has 2 saturated heterocycles. The van der Waals surface area contributed by atoms with Crippen LogP contribution in [0.25, 0.3) is 0 Å². The molecule has 0 aliphatic carbocycles. The fourth-order valence-corrected chi connectivity index (χ4v) is 3.76. The molecule has 0 radical (unpaired) electrons. The van der Waals surface area contributed by atoms with E-state index in [2.05, 4.69) is 26.1 Å². The average molecular weight is 368 g/mol. The highest BCUT2D eigenvalue weighted by atomic mass is 79.9. The van der Waals surface area contributed by atoms with E-state index in [0.29, 0.717) is 11.6 Å². The molecule has 3 rings (SSSR count). The Bertz CT molecular complexity index is 538. The molecule has 0 bridgehead atoms. The van der Waals surface area contributed by atoms with Crippen molar-refractivity contribution >= 4 is 21.8 Å². The van der Waals surface area contributed by atoms with Gasteiger partial charge in [-0.25, -0.2) is 0 Å². The molecule has 1 aromatic rings. The van der Waals surface area contributed by atoms with Gasteiger partial charge in [-0.3, -0.25) is 9.69 Å². The molecule has 5 nitrogen and oxygen atoms in total. The topological polar surface area (TPSA) is 44.8 Å². The highest BCUT2D eigenvalue weighted by Crippen LogP contribution is 2.26. The van der Waals surface area contributed by atoms with Gasteiger partial charge >= 0.3 is 0 Å². The molecule has 1 amide bonds. The largest absolute Gasteiger partial charge is 0.496 e. The van der Waals surface area contributed by atoms with E-state index in [0.717, 1.165) is 49.5 Å². The number of carbonyl (C=O) groups excluding carboxylic acids is 1. The first-order valence-corrected chi connectivity index (χ1v) is 8.56. The van der Waals surface area contributed by atoms with Gasteiger partial charge in [0.1, 0.15) is 5.75 Å². The number of rotatable bonds is 3. The van der Waals surface area contributed by atoms with Crippen LogP contribution >= 0.6 is 15.9 Å². The highest BCUT2D eigenvalue weighted by molar-refractivity contribution is 9.10. The van der Waals surface area contributed by atoms with Gasteiger partial charge in [-0.1, -0.05) is 0 Å². The van der Waals surface area contributed by atoms with Crippen LogP contribution in [-0.2, 0) is 0 Å². The van der Waals surface area contributed by atoms with Crippen LogP contribution in [0.2, 0.25) is 0 Å². The van der Waals surface area contributed by atoms with E-state index in [1.54, 1.807) is 7.11 Å². The van der Waals surface area contributed by atoms with Gasteiger partial charge in [0.05, 0.1) is 11.6 Å². The van der Waals surface area contributed by atoms with Crippen molar-refractivity contribution in [1.29, 1.82) is 0 Å². The molecule has 2 heterocycles. The standard InChI is InChI=1S/C16H22BrN3O2/c1-22-15-3-2-12(10-14(15)17)16(21)20-8-6-19(7-9-20)13-4-5-18-11-13/h2-3,10,13,18H,4-9,11H2,1H3. The van der Waals surface area contributed by atoms with Crippen LogP contribution in [0.1, 0.15) is 16.8 Å². The number of amides is 1. The van der Waals surface area contributed by atoms with Gasteiger partial charge in [0, 0.05) is 44.3 Å². The van der Waals surface area contributed by atoms with E-state index in [1.165, 1.54) is 6.42 Å². The molecular weight excluding hydrogens is 346 g/mol. The maximum absolute atomic E-state index is 12.6. The van der Waals surface area contributed by atoms with Crippen LogP contribution in [0.15, 0.2) is 22.7 Å². The Balaban J connectivity index is 1.60. The van der Waals surface area contributed by atoms with Gasteiger partial charge < -0.3 is 15.0 Å². The summed E-state index contributed by atoms with van der Waals surface area (Å²) in [6, 6.07) is 6.15. The van der Waals surface area contributed by atoms with E-state index in [-0.39, 0.29) is 5.91 Å². The second-order valence-electron chi connectivity index (χ2n) is 5.82. The monoisotopic (exact) mass is 367 g/mol.